The van der Waals surface area contributed by atoms with Crippen LogP contribution in [0.25, 0.3) is 32.7 Å². The highest BCUT2D eigenvalue weighted by Crippen LogP contribution is 2.30. The first-order valence-electron chi connectivity index (χ1n) is 6.62. The maximum absolute atomic E-state index is 11.5. The second-order valence-corrected chi connectivity index (χ2v) is 4.91. The number of hydrogen-bond donors (Lipinski definition) is 1. The predicted molar refractivity (Wildman–Crippen MR) is 83.1 cm³/mol. The molecule has 0 aliphatic heterocycles. The highest BCUT2D eigenvalue weighted by molar-refractivity contribution is 6.18. The summed E-state index contributed by atoms with van der Waals surface area (Å²) in [6.07, 6.45) is 0. The molecule has 0 atom stereocenters. The van der Waals surface area contributed by atoms with E-state index in [1.54, 1.807) is 12.1 Å². The van der Waals surface area contributed by atoms with Crippen LogP contribution in [0.4, 0.5) is 0 Å². The number of primary amides is 1. The normalized spacial score (nSPS) is 11.2. The number of nitrogens with zero attached hydrogens (tertiary/aromatic N) is 2. The van der Waals surface area contributed by atoms with Gasteiger partial charge in [-0.3, -0.25) is 4.79 Å². The topological polar surface area (TPSA) is 68.9 Å². The van der Waals surface area contributed by atoms with Crippen molar-refractivity contribution in [1.82, 2.24) is 9.97 Å². The number of nitrogens with two attached hydrogens (primary N) is 1. The van der Waals surface area contributed by atoms with E-state index in [4.69, 9.17) is 5.73 Å². The zero-order chi connectivity index (χ0) is 14.4. The lowest BCUT2D eigenvalue weighted by Crippen LogP contribution is -2.11. The Morgan fingerprint density at radius 1 is 0.857 bits per heavy atom. The van der Waals surface area contributed by atoms with Gasteiger partial charge in [0.2, 0.25) is 0 Å². The average Bonchev–Trinajstić information content (AvgIpc) is 2.71. The molecule has 0 spiro atoms. The van der Waals surface area contributed by atoms with Gasteiger partial charge >= 0.3 is 0 Å². The Balaban J connectivity index is 2.29. The molecule has 100 valence electrons. The lowest BCUT2D eigenvalue weighted by molar-refractivity contribution is 0.0996. The van der Waals surface area contributed by atoms with Gasteiger partial charge in [0.1, 0.15) is 5.69 Å². The van der Waals surface area contributed by atoms with Crippen molar-refractivity contribution in [3.05, 3.63) is 60.3 Å². The van der Waals surface area contributed by atoms with E-state index in [1.807, 2.05) is 42.5 Å². The maximum atomic E-state index is 11.5. The number of hydrogen-bond acceptors (Lipinski definition) is 3. The first kappa shape index (κ1) is 11.8. The van der Waals surface area contributed by atoms with Gasteiger partial charge in [-0.15, -0.1) is 0 Å². The van der Waals surface area contributed by atoms with Crippen molar-refractivity contribution in [3.8, 4) is 0 Å². The molecule has 2 N–H and O–H groups in total. The third-order valence-electron chi connectivity index (χ3n) is 3.62. The van der Waals surface area contributed by atoms with Gasteiger partial charge in [-0.1, -0.05) is 36.4 Å². The van der Waals surface area contributed by atoms with Crippen molar-refractivity contribution < 1.29 is 4.79 Å². The molecular formula is C17H11N3O. The average molecular weight is 273 g/mol. The van der Waals surface area contributed by atoms with Gasteiger partial charge in [-0.05, 0) is 18.2 Å². The van der Waals surface area contributed by atoms with E-state index in [0.717, 1.165) is 32.7 Å². The Kier molecular flexibility index (Phi) is 2.38. The number of benzene rings is 2. The Morgan fingerprint density at radius 3 is 2.57 bits per heavy atom. The number of rotatable bonds is 1. The van der Waals surface area contributed by atoms with Crippen LogP contribution in [-0.2, 0) is 0 Å². The molecule has 2 aromatic carbocycles. The fourth-order valence-electron chi connectivity index (χ4n) is 2.66. The largest absolute Gasteiger partial charge is 0.364 e. The summed E-state index contributed by atoms with van der Waals surface area (Å²) in [6, 6.07) is 17.2. The fourth-order valence-corrected chi connectivity index (χ4v) is 2.66. The molecule has 4 aromatic rings. The van der Waals surface area contributed by atoms with Gasteiger partial charge in [0.15, 0.2) is 0 Å². The van der Waals surface area contributed by atoms with Crippen LogP contribution in [0, 0.1) is 0 Å². The Morgan fingerprint density at radius 2 is 1.71 bits per heavy atom. The smallest absolute Gasteiger partial charge is 0.267 e. The molecule has 2 aromatic heterocycles. The van der Waals surface area contributed by atoms with Crippen LogP contribution in [-0.4, -0.2) is 15.9 Å². The van der Waals surface area contributed by atoms with Crippen molar-refractivity contribution in [1.29, 1.82) is 0 Å². The van der Waals surface area contributed by atoms with Crippen LogP contribution in [0.5, 0.6) is 0 Å². The zero-order valence-electron chi connectivity index (χ0n) is 11.1. The minimum atomic E-state index is -0.534. The molecule has 2 heterocycles. The van der Waals surface area contributed by atoms with Gasteiger partial charge in [0.05, 0.1) is 16.6 Å². The third kappa shape index (κ3) is 1.73. The lowest BCUT2D eigenvalue weighted by Gasteiger charge is -1.96. The van der Waals surface area contributed by atoms with Crippen molar-refractivity contribution in [2.45, 2.75) is 0 Å². The zero-order valence-corrected chi connectivity index (χ0v) is 11.1. The van der Waals surface area contributed by atoms with E-state index in [9.17, 15) is 4.79 Å². The lowest BCUT2D eigenvalue weighted by atomic mass is 10.1. The van der Waals surface area contributed by atoms with Crippen LogP contribution in [0.1, 0.15) is 10.5 Å². The molecule has 0 unspecified atom stereocenters. The van der Waals surface area contributed by atoms with Crippen LogP contribution in [0.15, 0.2) is 54.6 Å². The van der Waals surface area contributed by atoms with Crippen LogP contribution in [0.3, 0.4) is 0 Å². The minimum absolute atomic E-state index is 0.253. The van der Waals surface area contributed by atoms with E-state index in [1.165, 1.54) is 0 Å². The monoisotopic (exact) mass is 273 g/mol. The molecule has 0 saturated heterocycles. The third-order valence-corrected chi connectivity index (χ3v) is 3.62. The first-order chi connectivity index (χ1) is 10.2. The molecule has 0 fully saturated rings. The summed E-state index contributed by atoms with van der Waals surface area (Å²) in [5.74, 6) is -0.534. The maximum Gasteiger partial charge on any atom is 0.267 e. The molecule has 0 saturated carbocycles. The summed E-state index contributed by atoms with van der Waals surface area (Å²) in [5, 5.41) is 2.95. The number of carbonyl (C=O) groups is 1. The number of amides is 1. The van der Waals surface area contributed by atoms with E-state index in [0.29, 0.717) is 0 Å². The van der Waals surface area contributed by atoms with E-state index >= 15 is 0 Å². The van der Waals surface area contributed by atoms with Crippen molar-refractivity contribution in [3.63, 3.8) is 0 Å². The summed E-state index contributed by atoms with van der Waals surface area (Å²) in [7, 11) is 0. The highest BCUT2D eigenvalue weighted by Gasteiger charge is 2.10. The van der Waals surface area contributed by atoms with Crippen molar-refractivity contribution in [2.24, 2.45) is 5.73 Å². The molecule has 4 nitrogen and oxygen atoms in total. The molecule has 4 rings (SSSR count). The number of carbonyl (C=O) groups excluding carboxylic acids is 1. The number of aromatic nitrogens is 2. The van der Waals surface area contributed by atoms with Gasteiger partial charge < -0.3 is 5.73 Å². The summed E-state index contributed by atoms with van der Waals surface area (Å²) >= 11 is 0. The molecule has 0 bridgehead atoms. The summed E-state index contributed by atoms with van der Waals surface area (Å²) in [6.45, 7) is 0. The Labute approximate surface area is 120 Å². The first-order valence-corrected chi connectivity index (χ1v) is 6.62. The van der Waals surface area contributed by atoms with Gasteiger partial charge in [0, 0.05) is 16.2 Å². The fraction of sp³-hybridized carbons (Fsp3) is 0. The van der Waals surface area contributed by atoms with Gasteiger partial charge in [0.25, 0.3) is 5.91 Å². The standard InChI is InChI=1S/C17H11N3O/c18-17(21)14-7-3-4-10-8-9-13-15(16(10)20-14)11-5-1-2-6-12(11)19-13/h1-9H,(H2,18,21). The molecule has 1 amide bonds. The quantitative estimate of drug-likeness (QED) is 0.579. The summed E-state index contributed by atoms with van der Waals surface area (Å²) < 4.78 is 0. The highest BCUT2D eigenvalue weighted by atomic mass is 16.1. The van der Waals surface area contributed by atoms with Crippen LogP contribution >= 0.6 is 0 Å². The molecule has 21 heavy (non-hydrogen) atoms. The summed E-state index contributed by atoms with van der Waals surface area (Å²) in [5.41, 5.74) is 8.18. The molecule has 0 aliphatic rings. The van der Waals surface area contributed by atoms with Gasteiger partial charge in [-0.25, -0.2) is 9.97 Å². The number of para-hydroxylation sites is 1. The molecule has 0 radical (unpaired) electrons. The minimum Gasteiger partial charge on any atom is -0.364 e. The van der Waals surface area contributed by atoms with E-state index < -0.39 is 5.91 Å². The van der Waals surface area contributed by atoms with Crippen LogP contribution < -0.4 is 5.73 Å². The molecular weight excluding hydrogens is 262 g/mol. The molecule has 0 aliphatic carbocycles. The Bertz CT molecular complexity index is 1020. The summed E-state index contributed by atoms with van der Waals surface area (Å²) in [4.78, 5) is 20.5. The second kappa shape index (κ2) is 4.24. The van der Waals surface area contributed by atoms with Crippen molar-refractivity contribution in [2.75, 3.05) is 0 Å². The van der Waals surface area contributed by atoms with Gasteiger partial charge in [-0.2, -0.15) is 0 Å². The van der Waals surface area contributed by atoms with Crippen molar-refractivity contribution >= 4 is 38.6 Å². The van der Waals surface area contributed by atoms with E-state index in [2.05, 4.69) is 9.97 Å². The Hall–Kier alpha value is -3.01. The van der Waals surface area contributed by atoms with E-state index in [-0.39, 0.29) is 5.69 Å². The SMILES string of the molecule is NC(=O)c1cccc2ccc3nc4ccccc4c3c2n1. The second-order valence-electron chi connectivity index (χ2n) is 4.91. The van der Waals surface area contributed by atoms with Crippen LogP contribution in [0.2, 0.25) is 0 Å². The predicted octanol–water partition coefficient (Wildman–Crippen LogP) is 3.04. The molecule has 4 heteroatoms. The number of fused-ring (bicyclic) bond motifs is 5.